The smallest absolute Gasteiger partial charge is 0.253 e. The Labute approximate surface area is 158 Å². The second kappa shape index (κ2) is 7.52. The number of carbonyl (C=O) groups is 1. The van der Waals surface area contributed by atoms with Crippen LogP contribution in [0.4, 0.5) is 0 Å². The van der Waals surface area contributed by atoms with E-state index in [1.165, 1.54) is 0 Å². The van der Waals surface area contributed by atoms with Gasteiger partial charge in [-0.15, -0.1) is 0 Å². The maximum Gasteiger partial charge on any atom is 0.253 e. The van der Waals surface area contributed by atoms with Gasteiger partial charge in [-0.2, -0.15) is 0 Å². The standard InChI is InChI=1S/C20H25N5O2/c1-2-23-10-7-21-19(23)15-5-8-24(9-6-15)20(27)16-3-4-18-17(13-16)22-14-25(18)11-12-26/h3-4,7,10,13-15,26H,2,5-6,8-9,11-12H2,1H3. The number of fused-ring (bicyclic) bond motifs is 1. The number of rotatable bonds is 5. The van der Waals surface area contributed by atoms with Crippen molar-refractivity contribution in [2.75, 3.05) is 19.7 Å². The van der Waals surface area contributed by atoms with Gasteiger partial charge in [0.05, 0.1) is 24.0 Å². The van der Waals surface area contributed by atoms with Crippen LogP contribution in [0, 0.1) is 0 Å². The molecule has 1 amide bonds. The van der Waals surface area contributed by atoms with Gasteiger partial charge in [-0.25, -0.2) is 9.97 Å². The van der Waals surface area contributed by atoms with Crippen molar-refractivity contribution in [2.45, 2.75) is 38.8 Å². The third-order valence-corrected chi connectivity index (χ3v) is 5.44. The largest absolute Gasteiger partial charge is 0.395 e. The molecule has 0 spiro atoms. The fourth-order valence-electron chi connectivity index (χ4n) is 3.95. The SMILES string of the molecule is CCn1ccnc1C1CCN(C(=O)c2ccc3c(c2)ncn3CCO)CC1. The minimum Gasteiger partial charge on any atom is -0.395 e. The minimum absolute atomic E-state index is 0.0610. The van der Waals surface area contributed by atoms with E-state index >= 15 is 0 Å². The monoisotopic (exact) mass is 367 g/mol. The molecule has 4 rings (SSSR count). The van der Waals surface area contributed by atoms with Gasteiger partial charge in [-0.1, -0.05) is 0 Å². The van der Waals surface area contributed by atoms with Crippen LogP contribution in [-0.4, -0.2) is 54.7 Å². The van der Waals surface area contributed by atoms with Crippen LogP contribution >= 0.6 is 0 Å². The van der Waals surface area contributed by atoms with E-state index in [-0.39, 0.29) is 12.5 Å². The molecule has 3 heterocycles. The van der Waals surface area contributed by atoms with E-state index in [1.807, 2.05) is 40.1 Å². The van der Waals surface area contributed by atoms with E-state index in [0.29, 0.717) is 18.0 Å². The lowest BCUT2D eigenvalue weighted by Gasteiger charge is -2.32. The van der Waals surface area contributed by atoms with Crippen LogP contribution in [0.1, 0.15) is 41.9 Å². The molecule has 0 saturated carbocycles. The van der Waals surface area contributed by atoms with Gasteiger partial charge in [0, 0.05) is 50.1 Å². The highest BCUT2D eigenvalue weighted by Gasteiger charge is 2.27. The van der Waals surface area contributed by atoms with Crippen molar-refractivity contribution in [2.24, 2.45) is 0 Å². The van der Waals surface area contributed by atoms with Crippen molar-refractivity contribution in [3.05, 3.63) is 48.3 Å². The lowest BCUT2D eigenvalue weighted by atomic mass is 9.95. The molecule has 1 N–H and O–H groups in total. The highest BCUT2D eigenvalue weighted by molar-refractivity contribution is 5.97. The number of imidazole rings is 2. The Morgan fingerprint density at radius 1 is 1.22 bits per heavy atom. The molecule has 7 nitrogen and oxygen atoms in total. The summed E-state index contributed by atoms with van der Waals surface area (Å²) in [5, 5.41) is 9.12. The summed E-state index contributed by atoms with van der Waals surface area (Å²) in [5.41, 5.74) is 2.39. The highest BCUT2D eigenvalue weighted by atomic mass is 16.3. The number of hydrogen-bond donors (Lipinski definition) is 1. The molecule has 0 unspecified atom stereocenters. The number of benzene rings is 1. The molecule has 27 heavy (non-hydrogen) atoms. The minimum atomic E-state index is 0.0610. The lowest BCUT2D eigenvalue weighted by molar-refractivity contribution is 0.0710. The molecular formula is C20H25N5O2. The summed E-state index contributed by atoms with van der Waals surface area (Å²) >= 11 is 0. The van der Waals surface area contributed by atoms with E-state index in [0.717, 1.165) is 49.3 Å². The summed E-state index contributed by atoms with van der Waals surface area (Å²) in [6.07, 6.45) is 7.47. The van der Waals surface area contributed by atoms with Gasteiger partial charge >= 0.3 is 0 Å². The quantitative estimate of drug-likeness (QED) is 0.750. The Hall–Kier alpha value is -2.67. The number of aliphatic hydroxyl groups is 1. The van der Waals surface area contributed by atoms with Crippen molar-refractivity contribution in [1.29, 1.82) is 0 Å². The van der Waals surface area contributed by atoms with Crippen molar-refractivity contribution in [1.82, 2.24) is 24.0 Å². The van der Waals surface area contributed by atoms with Gasteiger partial charge in [0.1, 0.15) is 5.82 Å². The van der Waals surface area contributed by atoms with Crippen molar-refractivity contribution in [3.63, 3.8) is 0 Å². The second-order valence-electron chi connectivity index (χ2n) is 7.00. The number of aromatic nitrogens is 4. The van der Waals surface area contributed by atoms with E-state index in [4.69, 9.17) is 5.11 Å². The number of aryl methyl sites for hydroxylation is 1. The van der Waals surface area contributed by atoms with Gasteiger partial charge in [0.25, 0.3) is 5.91 Å². The number of hydrogen-bond acceptors (Lipinski definition) is 4. The molecule has 0 radical (unpaired) electrons. The van der Waals surface area contributed by atoms with Crippen molar-refractivity contribution < 1.29 is 9.90 Å². The molecular weight excluding hydrogens is 342 g/mol. The Balaban J connectivity index is 1.45. The molecule has 1 aromatic carbocycles. The van der Waals surface area contributed by atoms with Gasteiger partial charge in [-0.05, 0) is 38.0 Å². The first-order valence-electron chi connectivity index (χ1n) is 9.57. The third-order valence-electron chi connectivity index (χ3n) is 5.44. The molecule has 0 bridgehead atoms. The zero-order valence-electron chi connectivity index (χ0n) is 15.6. The summed E-state index contributed by atoms with van der Waals surface area (Å²) in [5.74, 6) is 1.62. The number of amides is 1. The number of carbonyl (C=O) groups excluding carboxylic acids is 1. The van der Waals surface area contributed by atoms with E-state index < -0.39 is 0 Å². The molecule has 7 heteroatoms. The predicted molar refractivity (Wildman–Crippen MR) is 103 cm³/mol. The van der Waals surface area contributed by atoms with Crippen molar-refractivity contribution >= 4 is 16.9 Å². The van der Waals surface area contributed by atoms with Crippen LogP contribution < -0.4 is 0 Å². The summed E-state index contributed by atoms with van der Waals surface area (Å²) in [6.45, 7) is 5.12. The first kappa shape index (κ1) is 17.7. The summed E-state index contributed by atoms with van der Waals surface area (Å²) < 4.78 is 4.09. The number of piperidine rings is 1. The molecule has 2 aromatic heterocycles. The van der Waals surface area contributed by atoms with Gasteiger partial charge in [0.2, 0.25) is 0 Å². The van der Waals surface area contributed by atoms with Crippen LogP contribution in [0.25, 0.3) is 11.0 Å². The highest BCUT2D eigenvalue weighted by Crippen LogP contribution is 2.28. The van der Waals surface area contributed by atoms with Crippen LogP contribution in [0.3, 0.4) is 0 Å². The molecule has 3 aromatic rings. The van der Waals surface area contributed by atoms with Crippen LogP contribution in [-0.2, 0) is 13.1 Å². The molecule has 1 aliphatic rings. The Kier molecular flexibility index (Phi) is 4.94. The third kappa shape index (κ3) is 3.35. The van der Waals surface area contributed by atoms with Crippen LogP contribution in [0.2, 0.25) is 0 Å². The van der Waals surface area contributed by atoms with Crippen LogP contribution in [0.5, 0.6) is 0 Å². The first-order valence-corrected chi connectivity index (χ1v) is 9.57. The van der Waals surface area contributed by atoms with Gasteiger partial charge in [-0.3, -0.25) is 4.79 Å². The molecule has 0 aliphatic carbocycles. The van der Waals surface area contributed by atoms with E-state index in [9.17, 15) is 4.79 Å². The van der Waals surface area contributed by atoms with Crippen LogP contribution in [0.15, 0.2) is 36.9 Å². The van der Waals surface area contributed by atoms with Gasteiger partial charge in [0.15, 0.2) is 0 Å². The molecule has 1 aliphatic heterocycles. The summed E-state index contributed by atoms with van der Waals surface area (Å²) in [7, 11) is 0. The Morgan fingerprint density at radius 3 is 2.78 bits per heavy atom. The second-order valence-corrected chi connectivity index (χ2v) is 7.00. The predicted octanol–water partition coefficient (Wildman–Crippen LogP) is 2.26. The maximum atomic E-state index is 12.9. The Morgan fingerprint density at radius 2 is 2.04 bits per heavy atom. The number of likely N-dealkylation sites (tertiary alicyclic amines) is 1. The normalized spacial score (nSPS) is 15.6. The number of aliphatic hydroxyl groups excluding tert-OH is 1. The van der Waals surface area contributed by atoms with E-state index in [2.05, 4.69) is 21.5 Å². The first-order chi connectivity index (χ1) is 13.2. The average molecular weight is 367 g/mol. The zero-order valence-corrected chi connectivity index (χ0v) is 15.6. The number of nitrogens with zero attached hydrogens (tertiary/aromatic N) is 5. The molecule has 142 valence electrons. The molecule has 0 atom stereocenters. The summed E-state index contributed by atoms with van der Waals surface area (Å²) in [4.78, 5) is 23.7. The average Bonchev–Trinajstić information content (AvgIpc) is 3.34. The molecule has 1 fully saturated rings. The van der Waals surface area contributed by atoms with Gasteiger partial charge < -0.3 is 19.1 Å². The lowest BCUT2D eigenvalue weighted by Crippen LogP contribution is -2.38. The topological polar surface area (TPSA) is 76.2 Å². The summed E-state index contributed by atoms with van der Waals surface area (Å²) in [6, 6.07) is 5.62. The molecule has 1 saturated heterocycles. The van der Waals surface area contributed by atoms with Crippen molar-refractivity contribution in [3.8, 4) is 0 Å². The fourth-order valence-corrected chi connectivity index (χ4v) is 3.95. The van der Waals surface area contributed by atoms with E-state index in [1.54, 1.807) is 6.33 Å². The Bertz CT molecular complexity index is 937. The maximum absolute atomic E-state index is 12.9. The zero-order chi connectivity index (χ0) is 18.8. The fraction of sp³-hybridized carbons (Fsp3) is 0.450.